The van der Waals surface area contributed by atoms with Crippen molar-refractivity contribution < 1.29 is 46.8 Å². The fraction of sp³-hybridized carbons (Fsp3) is 0.783. The van der Waals surface area contributed by atoms with E-state index in [4.69, 9.17) is 23.3 Å². The molecule has 10 nitrogen and oxygen atoms in total. The van der Waals surface area contributed by atoms with Crippen LogP contribution in [0.4, 0.5) is 0 Å². The van der Waals surface area contributed by atoms with Crippen LogP contribution in [0, 0.1) is 0 Å². The summed E-state index contributed by atoms with van der Waals surface area (Å²) in [5.41, 5.74) is 0. The first-order valence-electron chi connectivity index (χ1n) is 22.5. The Morgan fingerprint density at radius 3 is 1.79 bits per heavy atom. The third-order valence-corrected chi connectivity index (χ3v) is 10.7. The number of phosphoric ester groups is 1. The standard InChI is InChI=1S/C46H82NO9P/c1-6-8-10-12-14-15-16-17-18-19-20-21-22-23-24-28-32-36-45(48)52-40-42(41-54-57(50,51)53-39-38-47(3,4)5)55-46(49)37-33-29-25-27-31-35-44-43(56-44)34-30-26-13-11-9-7-2/h14-15,17-18,20-21,26,30,42-44H,6-13,16,19,22-25,27-29,31-41H2,1-5H3/p+1/b15-14-,18-17-,21-20-,30-26-/t42-,43?,44?/m1/s1. The number of epoxide rings is 1. The monoisotopic (exact) mass is 825 g/mol. The molecule has 3 unspecified atom stereocenters. The first kappa shape index (κ1) is 52.9. The summed E-state index contributed by atoms with van der Waals surface area (Å²) in [6, 6.07) is 0. The molecule has 0 radical (unpaired) electrons. The van der Waals surface area contributed by atoms with Gasteiger partial charge in [-0.2, -0.15) is 0 Å². The van der Waals surface area contributed by atoms with Gasteiger partial charge in [-0.15, -0.1) is 0 Å². The van der Waals surface area contributed by atoms with E-state index in [-0.39, 0.29) is 26.1 Å². The molecule has 0 saturated carbocycles. The fourth-order valence-corrected chi connectivity index (χ4v) is 6.83. The Labute approximate surface area is 348 Å². The number of esters is 2. The molecule has 0 aliphatic carbocycles. The summed E-state index contributed by atoms with van der Waals surface area (Å²) in [4.78, 5) is 35.4. The molecule has 0 aromatic carbocycles. The van der Waals surface area contributed by atoms with E-state index in [1.54, 1.807) is 0 Å². The predicted octanol–water partition coefficient (Wildman–Crippen LogP) is 11.7. The van der Waals surface area contributed by atoms with Gasteiger partial charge >= 0.3 is 19.8 Å². The van der Waals surface area contributed by atoms with Gasteiger partial charge in [0.1, 0.15) is 19.8 Å². The number of rotatable bonds is 39. The second kappa shape index (κ2) is 34.8. The molecule has 1 N–H and O–H groups in total. The number of allylic oxidation sites excluding steroid dienone is 7. The minimum Gasteiger partial charge on any atom is -0.462 e. The Hall–Kier alpha value is -2.07. The van der Waals surface area contributed by atoms with E-state index in [1.807, 2.05) is 21.1 Å². The minimum absolute atomic E-state index is 0.0203. The van der Waals surface area contributed by atoms with Crippen molar-refractivity contribution in [2.24, 2.45) is 0 Å². The van der Waals surface area contributed by atoms with Crippen LogP contribution in [0.5, 0.6) is 0 Å². The summed E-state index contributed by atoms with van der Waals surface area (Å²) < 4.78 is 40.1. The number of unbranched alkanes of at least 4 members (excludes halogenated alkanes) is 14. The molecule has 1 aliphatic heterocycles. The molecule has 330 valence electrons. The van der Waals surface area contributed by atoms with E-state index in [9.17, 15) is 19.0 Å². The number of carbonyl (C=O) groups is 2. The van der Waals surface area contributed by atoms with E-state index in [1.165, 1.54) is 44.9 Å². The highest BCUT2D eigenvalue weighted by molar-refractivity contribution is 7.47. The van der Waals surface area contributed by atoms with E-state index >= 15 is 0 Å². The Balaban J connectivity index is 2.31. The number of likely N-dealkylation sites (N-methyl/N-ethyl adjacent to an activating group) is 1. The third-order valence-electron chi connectivity index (χ3n) is 9.76. The van der Waals surface area contributed by atoms with Crippen LogP contribution in [-0.2, 0) is 37.4 Å². The smallest absolute Gasteiger partial charge is 0.462 e. The lowest BCUT2D eigenvalue weighted by atomic mass is 10.1. The SMILES string of the molecule is CCCCC/C=C\C/C=C\C/C=C\CCCCCCC(=O)OC[C@H](COP(=O)(O)OCC[N+](C)(C)C)OC(=O)CCCCCCCC1OC1C/C=C\CCCCC. The number of ether oxygens (including phenoxy) is 3. The molecular formula is C46H83NO9P+. The molecule has 11 heteroatoms. The van der Waals surface area contributed by atoms with Crippen molar-refractivity contribution in [2.45, 2.75) is 186 Å². The Morgan fingerprint density at radius 2 is 1.18 bits per heavy atom. The van der Waals surface area contributed by atoms with Gasteiger partial charge < -0.3 is 23.6 Å². The van der Waals surface area contributed by atoms with Gasteiger partial charge in [0.25, 0.3) is 0 Å². The van der Waals surface area contributed by atoms with Crippen molar-refractivity contribution in [3.63, 3.8) is 0 Å². The number of nitrogens with zero attached hydrogens (tertiary/aromatic N) is 1. The number of carbonyl (C=O) groups excluding carboxylic acids is 2. The van der Waals surface area contributed by atoms with Crippen molar-refractivity contribution in [2.75, 3.05) is 47.5 Å². The van der Waals surface area contributed by atoms with Crippen molar-refractivity contribution in [1.29, 1.82) is 0 Å². The van der Waals surface area contributed by atoms with Gasteiger partial charge in [-0.1, -0.05) is 127 Å². The summed E-state index contributed by atoms with van der Waals surface area (Å²) in [6.45, 7) is 4.30. The second-order valence-electron chi connectivity index (χ2n) is 16.5. The minimum atomic E-state index is -4.39. The zero-order valence-electron chi connectivity index (χ0n) is 36.8. The molecule has 0 bridgehead atoms. The van der Waals surface area contributed by atoms with Gasteiger partial charge in [-0.3, -0.25) is 18.6 Å². The summed E-state index contributed by atoms with van der Waals surface area (Å²) in [5.74, 6) is -0.850. The van der Waals surface area contributed by atoms with Crippen molar-refractivity contribution in [1.82, 2.24) is 0 Å². The first-order valence-corrected chi connectivity index (χ1v) is 24.0. The van der Waals surface area contributed by atoms with Crippen LogP contribution in [0.1, 0.15) is 168 Å². The highest BCUT2D eigenvalue weighted by Crippen LogP contribution is 2.43. The molecule has 0 amide bonds. The van der Waals surface area contributed by atoms with E-state index in [2.05, 4.69) is 62.5 Å². The molecule has 0 aromatic rings. The molecule has 57 heavy (non-hydrogen) atoms. The normalized spacial score (nSPS) is 17.6. The number of hydrogen-bond acceptors (Lipinski definition) is 8. The fourth-order valence-electron chi connectivity index (χ4n) is 6.08. The largest absolute Gasteiger partial charge is 0.472 e. The Bertz CT molecular complexity index is 1180. The number of hydrogen-bond donors (Lipinski definition) is 1. The van der Waals surface area contributed by atoms with E-state index < -0.39 is 32.5 Å². The van der Waals surface area contributed by atoms with Gasteiger partial charge in [0.15, 0.2) is 6.10 Å². The average molecular weight is 825 g/mol. The Kier molecular flexibility index (Phi) is 32.3. The van der Waals surface area contributed by atoms with Gasteiger partial charge in [0, 0.05) is 12.8 Å². The number of quaternary nitrogens is 1. The predicted molar refractivity (Wildman–Crippen MR) is 233 cm³/mol. The third kappa shape index (κ3) is 35.6. The molecule has 1 heterocycles. The van der Waals surface area contributed by atoms with Crippen LogP contribution in [0.3, 0.4) is 0 Å². The van der Waals surface area contributed by atoms with Crippen LogP contribution in [-0.4, -0.2) is 87.1 Å². The van der Waals surface area contributed by atoms with Crippen LogP contribution in [0.25, 0.3) is 0 Å². The molecule has 1 rings (SSSR count). The lowest BCUT2D eigenvalue weighted by molar-refractivity contribution is -0.870. The van der Waals surface area contributed by atoms with Crippen LogP contribution in [0.2, 0.25) is 0 Å². The molecule has 0 spiro atoms. The molecule has 1 fully saturated rings. The molecule has 4 atom stereocenters. The van der Waals surface area contributed by atoms with Crippen molar-refractivity contribution in [3.05, 3.63) is 48.6 Å². The molecule has 1 aliphatic rings. The highest BCUT2D eigenvalue weighted by atomic mass is 31.2. The van der Waals surface area contributed by atoms with Gasteiger partial charge in [-0.05, 0) is 77.0 Å². The topological polar surface area (TPSA) is 121 Å². The zero-order chi connectivity index (χ0) is 41.9. The van der Waals surface area contributed by atoms with Crippen LogP contribution in [0.15, 0.2) is 48.6 Å². The maximum atomic E-state index is 12.7. The van der Waals surface area contributed by atoms with Gasteiger partial charge in [0.05, 0.1) is 40.0 Å². The molecule has 1 saturated heterocycles. The highest BCUT2D eigenvalue weighted by Gasteiger charge is 2.36. The lowest BCUT2D eigenvalue weighted by Crippen LogP contribution is -2.37. The van der Waals surface area contributed by atoms with Gasteiger partial charge in [-0.25, -0.2) is 4.57 Å². The van der Waals surface area contributed by atoms with Gasteiger partial charge in [0.2, 0.25) is 0 Å². The quantitative estimate of drug-likeness (QED) is 0.0161. The van der Waals surface area contributed by atoms with Crippen molar-refractivity contribution >= 4 is 19.8 Å². The average Bonchev–Trinajstić information content (AvgIpc) is 3.92. The maximum Gasteiger partial charge on any atom is 0.472 e. The summed E-state index contributed by atoms with van der Waals surface area (Å²) in [6.07, 6.45) is 41.7. The van der Waals surface area contributed by atoms with Crippen molar-refractivity contribution in [3.8, 4) is 0 Å². The summed E-state index contributed by atoms with van der Waals surface area (Å²) in [5, 5.41) is 0. The number of phosphoric acid groups is 1. The van der Waals surface area contributed by atoms with Crippen LogP contribution < -0.4 is 0 Å². The maximum absolute atomic E-state index is 12.7. The summed E-state index contributed by atoms with van der Waals surface area (Å²) >= 11 is 0. The lowest BCUT2D eigenvalue weighted by Gasteiger charge is -2.24. The van der Waals surface area contributed by atoms with E-state index in [0.29, 0.717) is 36.1 Å². The molecular weight excluding hydrogens is 741 g/mol. The molecule has 0 aromatic heterocycles. The van der Waals surface area contributed by atoms with E-state index in [0.717, 1.165) is 83.5 Å². The second-order valence-corrected chi connectivity index (χ2v) is 17.9. The Morgan fingerprint density at radius 1 is 0.649 bits per heavy atom. The van der Waals surface area contributed by atoms with Crippen LogP contribution >= 0.6 is 7.82 Å². The zero-order valence-corrected chi connectivity index (χ0v) is 37.7. The first-order chi connectivity index (χ1) is 27.5. The summed E-state index contributed by atoms with van der Waals surface area (Å²) in [7, 11) is 1.44.